The number of nitrogens with two attached hydrogens (primary N) is 1. The molecule has 1 amide bonds. The number of ether oxygens (including phenoxy) is 1. The molecule has 1 aliphatic rings. The zero-order valence-corrected chi connectivity index (χ0v) is 10.4. The van der Waals surface area contributed by atoms with Gasteiger partial charge in [0, 0.05) is 18.1 Å². The molecule has 1 aromatic carbocycles. The maximum absolute atomic E-state index is 12.2. The Hall–Kier alpha value is -2.04. The highest BCUT2D eigenvalue weighted by atomic mass is 16.5. The van der Waals surface area contributed by atoms with Gasteiger partial charge in [-0.25, -0.2) is 0 Å². The lowest BCUT2D eigenvalue weighted by molar-refractivity contribution is -0.119. The summed E-state index contributed by atoms with van der Waals surface area (Å²) < 4.78 is 5.24. The van der Waals surface area contributed by atoms with Crippen molar-refractivity contribution in [2.45, 2.75) is 25.8 Å². The maximum Gasteiger partial charge on any atom is 0.217 e. The van der Waals surface area contributed by atoms with E-state index in [9.17, 15) is 9.59 Å². The number of carbonyl (C=O) groups excluding carboxylic acids is 2. The van der Waals surface area contributed by atoms with Gasteiger partial charge in [0.2, 0.25) is 5.91 Å². The molecule has 1 aliphatic carbocycles. The van der Waals surface area contributed by atoms with Gasteiger partial charge in [-0.1, -0.05) is 0 Å². The van der Waals surface area contributed by atoms with Crippen molar-refractivity contribution >= 4 is 17.4 Å². The first-order valence-electron chi connectivity index (χ1n) is 5.81. The van der Waals surface area contributed by atoms with Crippen molar-refractivity contribution in [2.24, 2.45) is 0 Å². The van der Waals surface area contributed by atoms with Crippen LogP contribution in [0.1, 0.15) is 29.3 Å². The number of nitrogen functional groups attached to an aromatic ring is 1. The molecule has 0 heterocycles. The van der Waals surface area contributed by atoms with E-state index in [1.165, 1.54) is 14.0 Å². The third-order valence-corrected chi connectivity index (χ3v) is 3.14. The number of fused-ring (bicyclic) bond motifs is 1. The Balaban J connectivity index is 2.39. The van der Waals surface area contributed by atoms with Crippen LogP contribution in [0.2, 0.25) is 0 Å². The van der Waals surface area contributed by atoms with Gasteiger partial charge in [-0.15, -0.1) is 0 Å². The van der Waals surface area contributed by atoms with E-state index >= 15 is 0 Å². The normalized spacial score (nSPS) is 18.1. The molecule has 96 valence electrons. The summed E-state index contributed by atoms with van der Waals surface area (Å²) in [4.78, 5) is 23.3. The molecular formula is C13H16N2O3. The minimum absolute atomic E-state index is 0.0789. The predicted molar refractivity (Wildman–Crippen MR) is 67.7 cm³/mol. The van der Waals surface area contributed by atoms with Crippen LogP contribution in [0.25, 0.3) is 0 Å². The number of amides is 1. The second-order valence-electron chi connectivity index (χ2n) is 4.37. The van der Waals surface area contributed by atoms with Gasteiger partial charge in [-0.05, 0) is 25.0 Å². The van der Waals surface area contributed by atoms with E-state index in [2.05, 4.69) is 5.32 Å². The fraction of sp³-hybridized carbons (Fsp3) is 0.385. The van der Waals surface area contributed by atoms with Crippen LogP contribution < -0.4 is 15.8 Å². The minimum Gasteiger partial charge on any atom is -0.494 e. The lowest BCUT2D eigenvalue weighted by Gasteiger charge is -2.25. The molecule has 5 nitrogen and oxygen atoms in total. The molecule has 1 atom stereocenters. The van der Waals surface area contributed by atoms with Crippen LogP contribution in [0.3, 0.4) is 0 Å². The highest BCUT2D eigenvalue weighted by Gasteiger charge is 2.30. The number of hydrogen-bond acceptors (Lipinski definition) is 4. The average Bonchev–Trinajstić information content (AvgIpc) is 2.32. The molecule has 1 unspecified atom stereocenters. The Bertz CT molecular complexity index is 511. The van der Waals surface area contributed by atoms with Crippen molar-refractivity contribution in [2.75, 3.05) is 12.8 Å². The summed E-state index contributed by atoms with van der Waals surface area (Å²) >= 11 is 0. The lowest BCUT2D eigenvalue weighted by atomic mass is 9.86. The molecule has 0 bridgehead atoms. The third kappa shape index (κ3) is 2.03. The van der Waals surface area contributed by atoms with Crippen LogP contribution in [0.15, 0.2) is 12.1 Å². The van der Waals surface area contributed by atoms with Crippen molar-refractivity contribution in [3.05, 3.63) is 23.3 Å². The second kappa shape index (κ2) is 4.68. The molecule has 18 heavy (non-hydrogen) atoms. The van der Waals surface area contributed by atoms with Crippen molar-refractivity contribution in [1.82, 2.24) is 5.32 Å². The van der Waals surface area contributed by atoms with Gasteiger partial charge >= 0.3 is 0 Å². The van der Waals surface area contributed by atoms with Gasteiger partial charge in [0.1, 0.15) is 5.75 Å². The standard InChI is InChI=1S/C13H16N2O3/c1-7(16)15-11-6-4-9-8(12(11)17)3-5-10(14)13(9)18-2/h3,5,11H,4,6,14H2,1-2H3,(H,15,16). The highest BCUT2D eigenvalue weighted by molar-refractivity contribution is 6.04. The molecule has 0 fully saturated rings. The van der Waals surface area contributed by atoms with E-state index in [0.717, 1.165) is 5.56 Å². The summed E-state index contributed by atoms with van der Waals surface area (Å²) in [5, 5.41) is 2.66. The van der Waals surface area contributed by atoms with Gasteiger partial charge in [0.15, 0.2) is 5.78 Å². The average molecular weight is 248 g/mol. The Morgan fingerprint density at radius 1 is 1.50 bits per heavy atom. The van der Waals surface area contributed by atoms with Crippen LogP contribution in [-0.2, 0) is 11.2 Å². The molecular weight excluding hydrogens is 232 g/mol. The van der Waals surface area contributed by atoms with Crippen LogP contribution in [-0.4, -0.2) is 24.8 Å². The van der Waals surface area contributed by atoms with E-state index < -0.39 is 6.04 Å². The molecule has 0 aromatic heterocycles. The smallest absolute Gasteiger partial charge is 0.217 e. The zero-order chi connectivity index (χ0) is 13.3. The summed E-state index contributed by atoms with van der Waals surface area (Å²) in [6.45, 7) is 1.41. The molecule has 2 rings (SSSR count). The van der Waals surface area contributed by atoms with E-state index in [1.54, 1.807) is 12.1 Å². The van der Waals surface area contributed by atoms with E-state index in [1.807, 2.05) is 0 Å². The Morgan fingerprint density at radius 3 is 2.83 bits per heavy atom. The third-order valence-electron chi connectivity index (χ3n) is 3.14. The first-order chi connectivity index (χ1) is 8.54. The van der Waals surface area contributed by atoms with Gasteiger partial charge in [0.05, 0.1) is 18.8 Å². The second-order valence-corrected chi connectivity index (χ2v) is 4.37. The summed E-state index contributed by atoms with van der Waals surface area (Å²) in [5.41, 5.74) is 7.77. The molecule has 0 aliphatic heterocycles. The van der Waals surface area contributed by atoms with E-state index in [-0.39, 0.29) is 11.7 Å². The zero-order valence-electron chi connectivity index (χ0n) is 10.4. The predicted octanol–water partition coefficient (Wildman–Crippen LogP) is 0.911. The maximum atomic E-state index is 12.2. The van der Waals surface area contributed by atoms with Gasteiger partial charge in [0.25, 0.3) is 0 Å². The Morgan fingerprint density at radius 2 is 2.22 bits per heavy atom. The van der Waals surface area contributed by atoms with Crippen LogP contribution in [0.4, 0.5) is 5.69 Å². The van der Waals surface area contributed by atoms with Crippen molar-refractivity contribution in [3.63, 3.8) is 0 Å². The number of rotatable bonds is 2. The molecule has 5 heteroatoms. The summed E-state index contributed by atoms with van der Waals surface area (Å²) in [6, 6.07) is 2.91. The monoisotopic (exact) mass is 248 g/mol. The lowest BCUT2D eigenvalue weighted by Crippen LogP contribution is -2.42. The van der Waals surface area contributed by atoms with E-state index in [4.69, 9.17) is 10.5 Å². The van der Waals surface area contributed by atoms with Crippen molar-refractivity contribution < 1.29 is 14.3 Å². The summed E-state index contributed by atoms with van der Waals surface area (Å²) in [6.07, 6.45) is 1.24. The van der Waals surface area contributed by atoms with E-state index in [0.29, 0.717) is 29.8 Å². The number of nitrogens with one attached hydrogen (secondary N) is 1. The quantitative estimate of drug-likeness (QED) is 0.762. The topological polar surface area (TPSA) is 81.4 Å². The SMILES string of the molecule is COc1c(N)ccc2c1CCC(NC(C)=O)C2=O. The first kappa shape index (κ1) is 12.4. The fourth-order valence-electron chi connectivity index (χ4n) is 2.36. The number of carbonyl (C=O) groups is 2. The first-order valence-corrected chi connectivity index (χ1v) is 5.81. The van der Waals surface area contributed by atoms with Crippen molar-refractivity contribution in [1.29, 1.82) is 0 Å². The van der Waals surface area contributed by atoms with Gasteiger partial charge in [-0.2, -0.15) is 0 Å². The highest BCUT2D eigenvalue weighted by Crippen LogP contribution is 2.34. The van der Waals surface area contributed by atoms with Crippen molar-refractivity contribution in [3.8, 4) is 5.75 Å². The fourth-order valence-corrected chi connectivity index (χ4v) is 2.36. The number of methoxy groups -OCH3 is 1. The number of anilines is 1. The van der Waals surface area contributed by atoms with Gasteiger partial charge < -0.3 is 15.8 Å². The Kier molecular flexibility index (Phi) is 3.23. The number of Topliss-reactive ketones (excluding diaryl/α,β-unsaturated/α-hetero) is 1. The number of benzene rings is 1. The minimum atomic E-state index is -0.441. The summed E-state index contributed by atoms with van der Waals surface area (Å²) in [5.74, 6) is 0.297. The molecule has 0 saturated carbocycles. The molecule has 0 spiro atoms. The Labute approximate surface area is 105 Å². The largest absolute Gasteiger partial charge is 0.494 e. The molecule has 3 N–H and O–H groups in total. The summed E-state index contributed by atoms with van der Waals surface area (Å²) in [7, 11) is 1.54. The molecule has 1 aromatic rings. The number of ketones is 1. The van der Waals surface area contributed by atoms with Crippen LogP contribution in [0, 0.1) is 0 Å². The van der Waals surface area contributed by atoms with Crippen LogP contribution >= 0.6 is 0 Å². The van der Waals surface area contributed by atoms with Crippen LogP contribution in [0.5, 0.6) is 5.75 Å². The molecule has 0 saturated heterocycles. The molecule has 0 radical (unpaired) electrons. The number of hydrogen-bond donors (Lipinski definition) is 2. The van der Waals surface area contributed by atoms with Gasteiger partial charge in [-0.3, -0.25) is 9.59 Å².